The van der Waals surface area contributed by atoms with E-state index in [4.69, 9.17) is 18.0 Å². The van der Waals surface area contributed by atoms with Crippen LogP contribution < -0.4 is 11.1 Å². The fraction of sp³-hybridized carbons (Fsp3) is 0.111. The molecule has 26 heavy (non-hydrogen) atoms. The minimum atomic E-state index is -0.563. The van der Waals surface area contributed by atoms with Crippen LogP contribution in [0.2, 0.25) is 0 Å². The molecule has 1 saturated heterocycles. The molecule has 0 radical (unpaired) electrons. The Morgan fingerprint density at radius 1 is 1.31 bits per heavy atom. The van der Waals surface area contributed by atoms with Crippen LogP contribution in [0.5, 0.6) is 0 Å². The first-order valence-corrected chi connectivity index (χ1v) is 8.19. The predicted octanol–water partition coefficient (Wildman–Crippen LogP) is 0.939. The normalized spacial score (nSPS) is 16.2. The number of carbonyl (C=O) groups is 3. The monoisotopic (exact) mass is 368 g/mol. The van der Waals surface area contributed by atoms with Gasteiger partial charge in [-0.3, -0.25) is 24.6 Å². The molecule has 8 heteroatoms. The van der Waals surface area contributed by atoms with Crippen molar-refractivity contribution in [3.8, 4) is 0 Å². The van der Waals surface area contributed by atoms with Crippen molar-refractivity contribution in [2.24, 2.45) is 5.73 Å². The number of rotatable bonds is 5. The fourth-order valence-corrected chi connectivity index (χ4v) is 3.08. The first kappa shape index (κ1) is 17.6. The molecule has 1 aromatic heterocycles. The highest BCUT2D eigenvalue weighted by atomic mass is 32.1. The van der Waals surface area contributed by atoms with E-state index < -0.39 is 17.7 Å². The summed E-state index contributed by atoms with van der Waals surface area (Å²) in [4.78, 5) is 37.5. The van der Waals surface area contributed by atoms with E-state index in [1.807, 2.05) is 24.3 Å². The standard InChI is InChI=1S/C18H16N4O3S/c1-2-7-22-17(25)13(16(24)20-18(22)26)8-11-9-21(10-15(19)23)14-6-4-3-5-12(11)14/h2-6,8-9H,1,7,10H2,(H2,19,23)(H,20,24,26). The molecule has 7 nitrogen and oxygen atoms in total. The van der Waals surface area contributed by atoms with Gasteiger partial charge in [0.15, 0.2) is 5.11 Å². The molecule has 1 aliphatic heterocycles. The summed E-state index contributed by atoms with van der Waals surface area (Å²) < 4.78 is 1.68. The zero-order valence-electron chi connectivity index (χ0n) is 13.8. The number of benzene rings is 1. The van der Waals surface area contributed by atoms with E-state index >= 15 is 0 Å². The summed E-state index contributed by atoms with van der Waals surface area (Å²) in [5.41, 5.74) is 6.67. The van der Waals surface area contributed by atoms with Crippen LogP contribution >= 0.6 is 12.2 Å². The predicted molar refractivity (Wildman–Crippen MR) is 102 cm³/mol. The van der Waals surface area contributed by atoms with Crippen molar-refractivity contribution in [2.75, 3.05) is 6.54 Å². The first-order chi connectivity index (χ1) is 12.4. The van der Waals surface area contributed by atoms with Gasteiger partial charge in [-0.1, -0.05) is 24.3 Å². The molecular weight excluding hydrogens is 352 g/mol. The number of nitrogens with zero attached hydrogens (tertiary/aromatic N) is 2. The summed E-state index contributed by atoms with van der Waals surface area (Å²) >= 11 is 5.04. The van der Waals surface area contributed by atoms with Crippen molar-refractivity contribution in [1.82, 2.24) is 14.8 Å². The van der Waals surface area contributed by atoms with E-state index in [-0.39, 0.29) is 23.8 Å². The van der Waals surface area contributed by atoms with Gasteiger partial charge < -0.3 is 10.3 Å². The third-order valence-electron chi connectivity index (χ3n) is 3.94. The van der Waals surface area contributed by atoms with E-state index in [0.717, 1.165) is 10.9 Å². The quantitative estimate of drug-likeness (QED) is 0.355. The van der Waals surface area contributed by atoms with Gasteiger partial charge in [0.2, 0.25) is 5.91 Å². The van der Waals surface area contributed by atoms with Crippen molar-refractivity contribution < 1.29 is 14.4 Å². The number of nitrogens with two attached hydrogens (primary N) is 1. The molecule has 2 aromatic rings. The van der Waals surface area contributed by atoms with Crippen LogP contribution in [0.15, 0.2) is 48.7 Å². The van der Waals surface area contributed by atoms with Gasteiger partial charge in [-0.05, 0) is 24.4 Å². The summed E-state index contributed by atoms with van der Waals surface area (Å²) in [6, 6.07) is 7.35. The molecule has 0 atom stereocenters. The molecule has 3 amide bonds. The highest BCUT2D eigenvalue weighted by Crippen LogP contribution is 2.25. The molecule has 3 rings (SSSR count). The lowest BCUT2D eigenvalue weighted by Crippen LogP contribution is -2.53. The molecule has 1 fully saturated rings. The topological polar surface area (TPSA) is 97.4 Å². The minimum Gasteiger partial charge on any atom is -0.368 e. The Hall–Kier alpha value is -3.26. The number of fused-ring (bicyclic) bond motifs is 1. The van der Waals surface area contributed by atoms with Crippen LogP contribution in [0.25, 0.3) is 17.0 Å². The highest BCUT2D eigenvalue weighted by molar-refractivity contribution is 7.80. The molecule has 0 spiro atoms. The Balaban J connectivity index is 2.10. The Morgan fingerprint density at radius 2 is 2.04 bits per heavy atom. The van der Waals surface area contributed by atoms with Crippen LogP contribution in [0, 0.1) is 0 Å². The van der Waals surface area contributed by atoms with Crippen molar-refractivity contribution in [3.63, 3.8) is 0 Å². The van der Waals surface area contributed by atoms with Crippen molar-refractivity contribution in [3.05, 3.63) is 54.3 Å². The molecule has 132 valence electrons. The van der Waals surface area contributed by atoms with Gasteiger partial charge in [-0.15, -0.1) is 6.58 Å². The fourth-order valence-electron chi connectivity index (χ4n) is 2.83. The maximum Gasteiger partial charge on any atom is 0.265 e. The molecule has 0 saturated carbocycles. The Labute approximate surface area is 154 Å². The summed E-state index contributed by atoms with van der Waals surface area (Å²) in [5, 5.41) is 3.35. The molecule has 0 aliphatic carbocycles. The third kappa shape index (κ3) is 3.14. The highest BCUT2D eigenvalue weighted by Gasteiger charge is 2.32. The molecule has 1 aliphatic rings. The average molecular weight is 368 g/mol. The van der Waals surface area contributed by atoms with Crippen LogP contribution in [-0.4, -0.2) is 38.8 Å². The molecular formula is C18H16N4O3S. The molecule has 0 bridgehead atoms. The number of carbonyl (C=O) groups excluding carboxylic acids is 3. The number of nitrogens with one attached hydrogen (secondary N) is 1. The third-order valence-corrected chi connectivity index (χ3v) is 4.27. The number of hydrogen-bond donors (Lipinski definition) is 2. The lowest BCUT2D eigenvalue weighted by Gasteiger charge is -2.27. The Morgan fingerprint density at radius 3 is 2.73 bits per heavy atom. The zero-order chi connectivity index (χ0) is 18.8. The number of aromatic nitrogens is 1. The molecule has 1 aromatic carbocycles. The Bertz CT molecular complexity index is 989. The smallest absolute Gasteiger partial charge is 0.265 e. The lowest BCUT2D eigenvalue weighted by molar-refractivity contribution is -0.128. The van der Waals surface area contributed by atoms with Gasteiger partial charge in [0.05, 0.1) is 0 Å². The van der Waals surface area contributed by atoms with Crippen LogP contribution in [0.1, 0.15) is 5.56 Å². The van der Waals surface area contributed by atoms with Gasteiger partial charge in [0, 0.05) is 29.2 Å². The SMILES string of the molecule is C=CCN1C(=O)C(=Cc2cn(CC(N)=O)c3ccccc23)C(=O)NC1=S. The second kappa shape index (κ2) is 6.93. The van der Waals surface area contributed by atoms with Gasteiger partial charge in [0.1, 0.15) is 12.1 Å². The zero-order valence-corrected chi connectivity index (χ0v) is 14.6. The first-order valence-electron chi connectivity index (χ1n) is 7.78. The summed E-state index contributed by atoms with van der Waals surface area (Å²) in [7, 11) is 0. The van der Waals surface area contributed by atoms with Crippen LogP contribution in [-0.2, 0) is 20.9 Å². The van der Waals surface area contributed by atoms with Crippen LogP contribution in [0.4, 0.5) is 0 Å². The number of amides is 3. The van der Waals surface area contributed by atoms with Crippen molar-refractivity contribution in [1.29, 1.82) is 0 Å². The number of primary amides is 1. The maximum atomic E-state index is 12.6. The molecule has 2 heterocycles. The van der Waals surface area contributed by atoms with E-state index in [2.05, 4.69) is 11.9 Å². The summed E-state index contributed by atoms with van der Waals surface area (Å²) in [6.45, 7) is 3.78. The van der Waals surface area contributed by atoms with Gasteiger partial charge >= 0.3 is 0 Å². The average Bonchev–Trinajstić information content (AvgIpc) is 2.92. The van der Waals surface area contributed by atoms with Crippen molar-refractivity contribution in [2.45, 2.75) is 6.54 Å². The second-order valence-corrected chi connectivity index (χ2v) is 6.10. The Kier molecular flexibility index (Phi) is 4.68. The van der Waals surface area contributed by atoms with Gasteiger partial charge in [-0.25, -0.2) is 0 Å². The van der Waals surface area contributed by atoms with E-state index in [9.17, 15) is 14.4 Å². The number of para-hydroxylation sites is 1. The largest absolute Gasteiger partial charge is 0.368 e. The van der Waals surface area contributed by atoms with Gasteiger partial charge in [0.25, 0.3) is 11.8 Å². The second-order valence-electron chi connectivity index (χ2n) is 5.72. The van der Waals surface area contributed by atoms with E-state index in [0.29, 0.717) is 5.56 Å². The van der Waals surface area contributed by atoms with E-state index in [1.165, 1.54) is 17.1 Å². The number of hydrogen-bond acceptors (Lipinski definition) is 4. The maximum absolute atomic E-state index is 12.6. The molecule has 3 N–H and O–H groups in total. The number of thiocarbonyl (C=S) groups is 1. The summed E-state index contributed by atoms with van der Waals surface area (Å²) in [6.07, 6.45) is 4.71. The van der Waals surface area contributed by atoms with Crippen LogP contribution in [0.3, 0.4) is 0 Å². The minimum absolute atomic E-state index is 0.00347. The van der Waals surface area contributed by atoms with E-state index in [1.54, 1.807) is 10.8 Å². The summed E-state index contributed by atoms with van der Waals surface area (Å²) in [5.74, 6) is -1.55. The lowest BCUT2D eigenvalue weighted by atomic mass is 10.1. The van der Waals surface area contributed by atoms with Crippen molar-refractivity contribution >= 4 is 52.0 Å². The molecule has 0 unspecified atom stereocenters. The van der Waals surface area contributed by atoms with Gasteiger partial charge in [-0.2, -0.15) is 0 Å².